The molecule has 0 N–H and O–H groups in total. The number of hydrogen-bond acceptors (Lipinski definition) is 1. The maximum Gasteiger partial charge on any atom is 0.123 e. The third kappa shape index (κ3) is 2.95. The van der Waals surface area contributed by atoms with Crippen LogP contribution in [0.25, 0.3) is 0 Å². The first-order valence-corrected chi connectivity index (χ1v) is 4.71. The number of benzene rings is 1. The molecule has 0 aliphatic heterocycles. The molecule has 1 nitrogen and oxygen atoms in total. The summed E-state index contributed by atoms with van der Waals surface area (Å²) in [6.45, 7) is 8.31. The lowest BCUT2D eigenvalue weighted by Crippen LogP contribution is -2.16. The van der Waals surface area contributed by atoms with E-state index < -0.39 is 0 Å². The number of nitrogens with zero attached hydrogens (tertiary/aromatic N) is 1. The van der Waals surface area contributed by atoms with Crippen molar-refractivity contribution in [3.8, 4) is 0 Å². The summed E-state index contributed by atoms with van der Waals surface area (Å²) in [6, 6.07) is 6.22. The highest BCUT2D eigenvalue weighted by molar-refractivity contribution is 5.89. The highest BCUT2D eigenvalue weighted by Crippen LogP contribution is 2.20. The van der Waals surface area contributed by atoms with Crippen molar-refractivity contribution in [3.05, 3.63) is 30.1 Å². The molecular formula is C12H16FN. The second kappa shape index (κ2) is 3.91. The largest absolute Gasteiger partial charge is 0.258 e. The molecule has 0 saturated heterocycles. The molecule has 0 aromatic heterocycles. The summed E-state index contributed by atoms with van der Waals surface area (Å²) in [5.41, 5.74) is 1.91. The lowest BCUT2D eigenvalue weighted by atomic mass is 9.91. The van der Waals surface area contributed by atoms with E-state index in [9.17, 15) is 4.39 Å². The number of hydrogen-bond donors (Lipinski definition) is 0. The van der Waals surface area contributed by atoms with E-state index in [1.54, 1.807) is 12.1 Å². The van der Waals surface area contributed by atoms with Crippen molar-refractivity contribution in [1.82, 2.24) is 0 Å². The molecule has 1 rings (SSSR count). The molecule has 0 unspecified atom stereocenters. The van der Waals surface area contributed by atoms with Crippen molar-refractivity contribution in [3.63, 3.8) is 0 Å². The summed E-state index contributed by atoms with van der Waals surface area (Å²) in [5.74, 6) is -0.225. The van der Waals surface area contributed by atoms with E-state index in [4.69, 9.17) is 0 Å². The van der Waals surface area contributed by atoms with Crippen molar-refractivity contribution >= 4 is 11.4 Å². The molecule has 1 aromatic rings. The molecule has 1 aromatic carbocycles. The number of rotatable bonds is 1. The summed E-state index contributed by atoms with van der Waals surface area (Å²) < 4.78 is 12.6. The minimum atomic E-state index is -0.225. The third-order valence-corrected chi connectivity index (χ3v) is 2.21. The lowest BCUT2D eigenvalue weighted by Gasteiger charge is -2.17. The minimum Gasteiger partial charge on any atom is -0.258 e. The Bertz CT molecular complexity index is 330. The van der Waals surface area contributed by atoms with Crippen LogP contribution in [0.3, 0.4) is 0 Å². The van der Waals surface area contributed by atoms with Gasteiger partial charge in [0.25, 0.3) is 0 Å². The van der Waals surface area contributed by atoms with E-state index in [1.807, 2.05) is 6.92 Å². The molecule has 0 radical (unpaired) electrons. The predicted octanol–water partition coefficient (Wildman–Crippen LogP) is 3.96. The van der Waals surface area contributed by atoms with Crippen molar-refractivity contribution in [1.29, 1.82) is 0 Å². The van der Waals surface area contributed by atoms with Crippen molar-refractivity contribution < 1.29 is 4.39 Å². The van der Waals surface area contributed by atoms with E-state index in [2.05, 4.69) is 25.8 Å². The Kier molecular flexibility index (Phi) is 3.04. The Hall–Kier alpha value is -1.18. The minimum absolute atomic E-state index is 0.0639. The van der Waals surface area contributed by atoms with Crippen LogP contribution in [0.1, 0.15) is 27.7 Å². The van der Waals surface area contributed by atoms with Gasteiger partial charge in [-0.15, -0.1) is 0 Å². The quantitative estimate of drug-likeness (QED) is 0.598. The maximum atomic E-state index is 12.6. The predicted molar refractivity (Wildman–Crippen MR) is 58.6 cm³/mol. The first-order chi connectivity index (χ1) is 6.39. The van der Waals surface area contributed by atoms with Gasteiger partial charge in [0.1, 0.15) is 5.82 Å². The molecule has 0 fully saturated rings. The second-order valence-electron chi connectivity index (χ2n) is 4.42. The van der Waals surface area contributed by atoms with Gasteiger partial charge in [-0.3, -0.25) is 4.99 Å². The summed E-state index contributed by atoms with van der Waals surface area (Å²) in [4.78, 5) is 4.42. The van der Waals surface area contributed by atoms with E-state index in [0.717, 1.165) is 11.4 Å². The zero-order valence-electron chi connectivity index (χ0n) is 9.13. The first-order valence-electron chi connectivity index (χ1n) is 4.71. The van der Waals surface area contributed by atoms with E-state index in [-0.39, 0.29) is 11.2 Å². The molecule has 14 heavy (non-hydrogen) atoms. The van der Waals surface area contributed by atoms with Gasteiger partial charge < -0.3 is 0 Å². The standard InChI is InChI=1S/C12H16FN/c1-9(12(2,3)4)14-11-7-5-10(13)6-8-11/h5-8H,1-4H3. The van der Waals surface area contributed by atoms with Crippen molar-refractivity contribution in [2.45, 2.75) is 27.7 Å². The summed E-state index contributed by atoms with van der Waals surface area (Å²) in [7, 11) is 0. The zero-order chi connectivity index (χ0) is 10.8. The molecular weight excluding hydrogens is 177 g/mol. The van der Waals surface area contributed by atoms with Gasteiger partial charge in [0.15, 0.2) is 0 Å². The third-order valence-electron chi connectivity index (χ3n) is 2.21. The second-order valence-corrected chi connectivity index (χ2v) is 4.42. The average molecular weight is 193 g/mol. The average Bonchev–Trinajstić information content (AvgIpc) is 2.07. The van der Waals surface area contributed by atoms with Gasteiger partial charge in [0.2, 0.25) is 0 Å². The molecule has 0 aliphatic rings. The van der Waals surface area contributed by atoms with Crippen LogP contribution in [0.5, 0.6) is 0 Å². The van der Waals surface area contributed by atoms with Crippen LogP contribution in [0.2, 0.25) is 0 Å². The fourth-order valence-electron chi connectivity index (χ4n) is 0.877. The summed E-state index contributed by atoms with van der Waals surface area (Å²) in [6.07, 6.45) is 0. The monoisotopic (exact) mass is 193 g/mol. The van der Waals surface area contributed by atoms with Crippen LogP contribution < -0.4 is 0 Å². The molecule has 2 heteroatoms. The van der Waals surface area contributed by atoms with E-state index >= 15 is 0 Å². The van der Waals surface area contributed by atoms with Gasteiger partial charge in [-0.05, 0) is 36.6 Å². The number of halogens is 1. The van der Waals surface area contributed by atoms with Crippen LogP contribution >= 0.6 is 0 Å². The van der Waals surface area contributed by atoms with Gasteiger partial charge in [-0.1, -0.05) is 20.8 Å². The number of aliphatic imine (C=N–C) groups is 1. The molecule has 0 atom stereocenters. The normalized spacial score (nSPS) is 13.1. The van der Waals surface area contributed by atoms with Crippen LogP contribution in [0.15, 0.2) is 29.3 Å². The maximum absolute atomic E-state index is 12.6. The smallest absolute Gasteiger partial charge is 0.123 e. The summed E-state index contributed by atoms with van der Waals surface area (Å²) in [5, 5.41) is 0. The van der Waals surface area contributed by atoms with Crippen LogP contribution in [-0.4, -0.2) is 5.71 Å². The fraction of sp³-hybridized carbons (Fsp3) is 0.417. The van der Waals surface area contributed by atoms with E-state index in [1.165, 1.54) is 12.1 Å². The first kappa shape index (κ1) is 10.9. The molecule has 0 amide bonds. The Labute approximate surface area is 84.7 Å². The van der Waals surface area contributed by atoms with Gasteiger partial charge in [-0.25, -0.2) is 4.39 Å². The van der Waals surface area contributed by atoms with Gasteiger partial charge >= 0.3 is 0 Å². The van der Waals surface area contributed by atoms with Crippen LogP contribution in [0.4, 0.5) is 10.1 Å². The molecule has 0 saturated carbocycles. The topological polar surface area (TPSA) is 12.4 Å². The Morgan fingerprint density at radius 1 is 1.14 bits per heavy atom. The Morgan fingerprint density at radius 2 is 1.64 bits per heavy atom. The van der Waals surface area contributed by atoms with Crippen LogP contribution in [-0.2, 0) is 0 Å². The zero-order valence-corrected chi connectivity index (χ0v) is 9.13. The SMILES string of the molecule is CC(=Nc1ccc(F)cc1)C(C)(C)C. The molecule has 0 heterocycles. The lowest BCUT2D eigenvalue weighted by molar-refractivity contribution is 0.588. The molecule has 0 aliphatic carbocycles. The highest BCUT2D eigenvalue weighted by Gasteiger charge is 2.13. The van der Waals surface area contributed by atoms with Gasteiger partial charge in [0, 0.05) is 5.71 Å². The Balaban J connectivity index is 2.93. The Morgan fingerprint density at radius 3 is 2.07 bits per heavy atom. The fourth-order valence-corrected chi connectivity index (χ4v) is 0.877. The molecule has 0 spiro atoms. The van der Waals surface area contributed by atoms with E-state index in [0.29, 0.717) is 0 Å². The highest BCUT2D eigenvalue weighted by atomic mass is 19.1. The summed E-state index contributed by atoms with van der Waals surface area (Å²) >= 11 is 0. The van der Waals surface area contributed by atoms with Crippen molar-refractivity contribution in [2.24, 2.45) is 10.4 Å². The van der Waals surface area contributed by atoms with Crippen LogP contribution in [0, 0.1) is 11.2 Å². The van der Waals surface area contributed by atoms with Gasteiger partial charge in [-0.2, -0.15) is 0 Å². The van der Waals surface area contributed by atoms with Gasteiger partial charge in [0.05, 0.1) is 5.69 Å². The molecule has 0 bridgehead atoms. The van der Waals surface area contributed by atoms with Crippen molar-refractivity contribution in [2.75, 3.05) is 0 Å². The molecule has 76 valence electrons.